The highest BCUT2D eigenvalue weighted by Crippen LogP contribution is 2.33. The van der Waals surface area contributed by atoms with Crippen LogP contribution in [0.4, 0.5) is 0 Å². The van der Waals surface area contributed by atoms with Crippen molar-refractivity contribution in [2.24, 2.45) is 0 Å². The highest BCUT2D eigenvalue weighted by molar-refractivity contribution is 9.10. The van der Waals surface area contributed by atoms with Gasteiger partial charge in [-0.2, -0.15) is 0 Å². The fourth-order valence-corrected chi connectivity index (χ4v) is 3.50. The van der Waals surface area contributed by atoms with Crippen molar-refractivity contribution in [1.29, 1.82) is 0 Å². The summed E-state index contributed by atoms with van der Waals surface area (Å²) < 4.78 is 1.09. The predicted octanol–water partition coefficient (Wildman–Crippen LogP) is 6.74. The zero-order chi connectivity index (χ0) is 14.0. The zero-order valence-corrected chi connectivity index (χ0v) is 14.9. The summed E-state index contributed by atoms with van der Waals surface area (Å²) in [5, 5.41) is 1.19. The molecule has 0 bridgehead atoms. The van der Waals surface area contributed by atoms with E-state index in [2.05, 4.69) is 57.0 Å². The van der Waals surface area contributed by atoms with Crippen LogP contribution in [0.5, 0.6) is 0 Å². The Balaban J connectivity index is 2.22. The molecule has 0 nitrogen and oxygen atoms in total. The van der Waals surface area contributed by atoms with E-state index in [9.17, 15) is 0 Å². The molecule has 2 aromatic carbocycles. The van der Waals surface area contributed by atoms with Gasteiger partial charge in [0.15, 0.2) is 0 Å². The van der Waals surface area contributed by atoms with E-state index in [1.165, 1.54) is 11.1 Å². The van der Waals surface area contributed by atoms with Crippen LogP contribution in [-0.4, -0.2) is 0 Å². The molecule has 1 unspecified atom stereocenters. The van der Waals surface area contributed by atoms with Crippen molar-refractivity contribution >= 4 is 55.1 Å². The molecule has 0 aliphatic heterocycles. The summed E-state index contributed by atoms with van der Waals surface area (Å²) in [7, 11) is 0. The van der Waals surface area contributed by atoms with Crippen LogP contribution in [0.3, 0.4) is 0 Å². The summed E-state index contributed by atoms with van der Waals surface area (Å²) in [5.41, 5.74) is 3.71. The molecule has 0 spiro atoms. The van der Waals surface area contributed by atoms with Gasteiger partial charge in [-0.3, -0.25) is 0 Å². The van der Waals surface area contributed by atoms with Gasteiger partial charge >= 0.3 is 0 Å². The van der Waals surface area contributed by atoms with Gasteiger partial charge in [-0.15, -0.1) is 0 Å². The lowest BCUT2D eigenvalue weighted by atomic mass is 10.0. The lowest BCUT2D eigenvalue weighted by Crippen LogP contribution is -1.98. The number of rotatable bonds is 3. The number of aryl methyl sites for hydroxylation is 1. The Morgan fingerprint density at radius 1 is 1.05 bits per heavy atom. The summed E-state index contributed by atoms with van der Waals surface area (Å²) in [6.07, 6.45) is 0.869. The Morgan fingerprint density at radius 2 is 1.79 bits per heavy atom. The van der Waals surface area contributed by atoms with Gasteiger partial charge in [0, 0.05) is 9.30 Å². The summed E-state index contributed by atoms with van der Waals surface area (Å²) in [5.74, 6) is 0. The Kier molecular flexibility index (Phi) is 5.36. The number of alkyl halides is 1. The molecule has 0 aliphatic rings. The van der Waals surface area contributed by atoms with Crippen LogP contribution in [0.2, 0.25) is 10.0 Å². The lowest BCUT2D eigenvalue weighted by Gasteiger charge is -2.14. The third-order valence-corrected chi connectivity index (χ3v) is 5.03. The van der Waals surface area contributed by atoms with Crippen molar-refractivity contribution in [3.8, 4) is 0 Å². The third-order valence-electron chi connectivity index (χ3n) is 2.98. The van der Waals surface area contributed by atoms with E-state index in [4.69, 9.17) is 23.2 Å². The average Bonchev–Trinajstić information content (AvgIpc) is 2.36. The molecule has 2 rings (SSSR count). The fourth-order valence-electron chi connectivity index (χ4n) is 1.93. The zero-order valence-electron chi connectivity index (χ0n) is 10.3. The van der Waals surface area contributed by atoms with Crippen LogP contribution in [0.15, 0.2) is 40.9 Å². The van der Waals surface area contributed by atoms with Gasteiger partial charge in [-0.05, 0) is 54.3 Å². The summed E-state index contributed by atoms with van der Waals surface area (Å²) in [6.45, 7) is 2.12. The van der Waals surface area contributed by atoms with Crippen molar-refractivity contribution in [1.82, 2.24) is 0 Å². The second kappa shape index (κ2) is 6.62. The predicted molar refractivity (Wildman–Crippen MR) is 90.7 cm³/mol. The van der Waals surface area contributed by atoms with Crippen molar-refractivity contribution in [3.05, 3.63) is 67.6 Å². The van der Waals surface area contributed by atoms with E-state index < -0.39 is 0 Å². The van der Waals surface area contributed by atoms with Crippen molar-refractivity contribution in [3.63, 3.8) is 0 Å². The minimum Gasteiger partial charge on any atom is -0.0835 e. The SMILES string of the molecule is Cc1ccc(Br)cc1C(Br)Cc1ccc(Cl)c(Cl)c1. The molecule has 0 amide bonds. The van der Waals surface area contributed by atoms with Gasteiger partial charge in [-0.1, -0.05) is 67.2 Å². The quantitative estimate of drug-likeness (QED) is 0.480. The maximum absolute atomic E-state index is 6.05. The first-order valence-corrected chi connectivity index (χ1v) is 8.28. The maximum atomic E-state index is 6.05. The largest absolute Gasteiger partial charge is 0.0835 e. The first-order valence-electron chi connectivity index (χ1n) is 5.81. The van der Waals surface area contributed by atoms with E-state index >= 15 is 0 Å². The number of halogens is 4. The molecule has 0 N–H and O–H groups in total. The van der Waals surface area contributed by atoms with E-state index in [0.717, 1.165) is 16.5 Å². The fraction of sp³-hybridized carbons (Fsp3) is 0.200. The molecule has 1 atom stereocenters. The average molecular weight is 423 g/mol. The molecule has 19 heavy (non-hydrogen) atoms. The first kappa shape index (κ1) is 15.4. The highest BCUT2D eigenvalue weighted by Gasteiger charge is 2.12. The molecule has 0 saturated heterocycles. The minimum absolute atomic E-state index is 0.252. The Labute approximate surface area is 140 Å². The Hall–Kier alpha value is -0.0200. The summed E-state index contributed by atoms with van der Waals surface area (Å²) in [4.78, 5) is 0.252. The molecule has 0 radical (unpaired) electrons. The Bertz CT molecular complexity index is 597. The summed E-state index contributed by atoms with van der Waals surface area (Å²) >= 11 is 19.2. The van der Waals surface area contributed by atoms with Gasteiger partial charge < -0.3 is 0 Å². The molecule has 0 aromatic heterocycles. The standard InChI is InChI=1S/C15H12Br2Cl2/c1-9-2-4-11(16)8-12(9)13(17)6-10-3-5-14(18)15(19)7-10/h2-5,7-8,13H,6H2,1H3. The van der Waals surface area contributed by atoms with Gasteiger partial charge in [0.05, 0.1) is 10.0 Å². The number of hydrogen-bond donors (Lipinski definition) is 0. The molecular formula is C15H12Br2Cl2. The van der Waals surface area contributed by atoms with E-state index in [-0.39, 0.29) is 4.83 Å². The van der Waals surface area contributed by atoms with Crippen molar-refractivity contribution in [2.45, 2.75) is 18.2 Å². The lowest BCUT2D eigenvalue weighted by molar-refractivity contribution is 0.937. The third kappa shape index (κ3) is 3.98. The first-order chi connectivity index (χ1) is 8.97. The van der Waals surface area contributed by atoms with Gasteiger partial charge in [0.25, 0.3) is 0 Å². The molecule has 4 heteroatoms. The smallest absolute Gasteiger partial charge is 0.0595 e. The number of benzene rings is 2. The maximum Gasteiger partial charge on any atom is 0.0595 e. The van der Waals surface area contributed by atoms with Crippen LogP contribution in [0.1, 0.15) is 21.5 Å². The van der Waals surface area contributed by atoms with Crippen LogP contribution >= 0.6 is 55.1 Å². The molecule has 0 fully saturated rings. The normalized spacial score (nSPS) is 12.5. The van der Waals surface area contributed by atoms with Crippen LogP contribution in [0.25, 0.3) is 0 Å². The molecular weight excluding hydrogens is 411 g/mol. The van der Waals surface area contributed by atoms with Crippen LogP contribution in [0, 0.1) is 6.92 Å². The van der Waals surface area contributed by atoms with E-state index in [0.29, 0.717) is 10.0 Å². The van der Waals surface area contributed by atoms with Crippen molar-refractivity contribution in [2.75, 3.05) is 0 Å². The molecule has 0 heterocycles. The van der Waals surface area contributed by atoms with Crippen LogP contribution < -0.4 is 0 Å². The van der Waals surface area contributed by atoms with E-state index in [1.807, 2.05) is 18.2 Å². The second-order valence-electron chi connectivity index (χ2n) is 4.42. The molecule has 2 aromatic rings. The van der Waals surface area contributed by atoms with E-state index in [1.54, 1.807) is 0 Å². The Morgan fingerprint density at radius 3 is 2.47 bits per heavy atom. The second-order valence-corrected chi connectivity index (χ2v) is 7.26. The van der Waals surface area contributed by atoms with Gasteiger partial charge in [-0.25, -0.2) is 0 Å². The van der Waals surface area contributed by atoms with Gasteiger partial charge in [0.1, 0.15) is 0 Å². The van der Waals surface area contributed by atoms with Gasteiger partial charge in [0.2, 0.25) is 0 Å². The molecule has 0 saturated carbocycles. The molecule has 100 valence electrons. The summed E-state index contributed by atoms with van der Waals surface area (Å²) in [6, 6.07) is 12.1. The topological polar surface area (TPSA) is 0 Å². The number of hydrogen-bond acceptors (Lipinski definition) is 0. The molecule has 0 aliphatic carbocycles. The van der Waals surface area contributed by atoms with Crippen molar-refractivity contribution < 1.29 is 0 Å². The monoisotopic (exact) mass is 420 g/mol. The highest BCUT2D eigenvalue weighted by atomic mass is 79.9. The van der Waals surface area contributed by atoms with Crippen LogP contribution in [-0.2, 0) is 6.42 Å². The minimum atomic E-state index is 0.252.